The third-order valence-electron chi connectivity index (χ3n) is 3.96. The Kier molecular flexibility index (Phi) is 3.78. The fourth-order valence-electron chi connectivity index (χ4n) is 2.91. The Hall–Kier alpha value is -1.75. The summed E-state index contributed by atoms with van der Waals surface area (Å²) in [5.41, 5.74) is 6.38. The molecule has 0 saturated carbocycles. The largest absolute Gasteiger partial charge is 0.486 e. The summed E-state index contributed by atoms with van der Waals surface area (Å²) >= 11 is 0. The summed E-state index contributed by atoms with van der Waals surface area (Å²) in [6, 6.07) is 5.61. The lowest BCUT2D eigenvalue weighted by atomic mass is 10.0. The number of likely N-dealkylation sites (tertiary alicyclic amines) is 1. The Labute approximate surface area is 118 Å². The molecule has 0 bridgehead atoms. The molecule has 108 valence electrons. The van der Waals surface area contributed by atoms with E-state index in [1.165, 1.54) is 0 Å². The van der Waals surface area contributed by atoms with Crippen molar-refractivity contribution in [1.82, 2.24) is 4.90 Å². The second-order valence-corrected chi connectivity index (χ2v) is 5.21. The van der Waals surface area contributed by atoms with Crippen LogP contribution in [-0.4, -0.2) is 43.2 Å². The maximum Gasteiger partial charge on any atom is 0.258 e. The molecule has 0 aliphatic carbocycles. The van der Waals surface area contributed by atoms with Crippen LogP contribution in [0.2, 0.25) is 0 Å². The molecule has 2 heterocycles. The van der Waals surface area contributed by atoms with Gasteiger partial charge in [-0.25, -0.2) is 0 Å². The van der Waals surface area contributed by atoms with E-state index >= 15 is 0 Å². The van der Waals surface area contributed by atoms with Crippen LogP contribution in [0.4, 0.5) is 0 Å². The third-order valence-corrected chi connectivity index (χ3v) is 3.96. The minimum Gasteiger partial charge on any atom is -0.486 e. The van der Waals surface area contributed by atoms with Crippen LogP contribution in [0.5, 0.6) is 11.5 Å². The average molecular weight is 276 g/mol. The number of nitrogens with zero attached hydrogens (tertiary/aromatic N) is 1. The average Bonchev–Trinajstić information content (AvgIpc) is 2.53. The van der Waals surface area contributed by atoms with E-state index in [1.54, 1.807) is 6.07 Å². The van der Waals surface area contributed by atoms with Gasteiger partial charge in [0.05, 0.1) is 5.56 Å². The highest BCUT2D eigenvalue weighted by Crippen LogP contribution is 2.35. The van der Waals surface area contributed by atoms with Gasteiger partial charge in [-0.15, -0.1) is 0 Å². The summed E-state index contributed by atoms with van der Waals surface area (Å²) in [6.07, 6.45) is 3.15. The van der Waals surface area contributed by atoms with Gasteiger partial charge in [0.2, 0.25) is 0 Å². The van der Waals surface area contributed by atoms with Crippen LogP contribution in [0.15, 0.2) is 18.2 Å². The Balaban J connectivity index is 1.90. The van der Waals surface area contributed by atoms with Crippen molar-refractivity contribution in [2.45, 2.75) is 25.3 Å². The number of ether oxygens (including phenoxy) is 2. The molecule has 0 radical (unpaired) electrons. The summed E-state index contributed by atoms with van der Waals surface area (Å²) in [5, 5.41) is 0. The molecule has 2 N–H and O–H groups in total. The van der Waals surface area contributed by atoms with Gasteiger partial charge in [0, 0.05) is 19.1 Å². The lowest BCUT2D eigenvalue weighted by molar-refractivity contribution is 0.0614. The van der Waals surface area contributed by atoms with E-state index in [1.807, 2.05) is 17.0 Å². The molecule has 0 unspecified atom stereocenters. The van der Waals surface area contributed by atoms with Crippen LogP contribution >= 0.6 is 0 Å². The van der Waals surface area contributed by atoms with Gasteiger partial charge < -0.3 is 20.1 Å². The molecule has 1 saturated heterocycles. The second kappa shape index (κ2) is 5.71. The highest BCUT2D eigenvalue weighted by Gasteiger charge is 2.29. The van der Waals surface area contributed by atoms with Gasteiger partial charge in [-0.3, -0.25) is 4.79 Å². The van der Waals surface area contributed by atoms with Crippen molar-refractivity contribution < 1.29 is 14.3 Å². The third kappa shape index (κ3) is 2.33. The van der Waals surface area contributed by atoms with E-state index in [9.17, 15) is 4.79 Å². The van der Waals surface area contributed by atoms with Crippen molar-refractivity contribution in [3.05, 3.63) is 23.8 Å². The normalized spacial score (nSPS) is 21.6. The number of benzene rings is 1. The molecule has 2 aliphatic rings. The fraction of sp³-hybridized carbons (Fsp3) is 0.533. The summed E-state index contributed by atoms with van der Waals surface area (Å²) in [6.45, 7) is 2.29. The summed E-state index contributed by atoms with van der Waals surface area (Å²) in [4.78, 5) is 14.7. The van der Waals surface area contributed by atoms with Gasteiger partial charge in [0.1, 0.15) is 13.2 Å². The predicted molar refractivity (Wildman–Crippen MR) is 75.2 cm³/mol. The fourth-order valence-corrected chi connectivity index (χ4v) is 2.91. The molecule has 1 atom stereocenters. The number of carbonyl (C=O) groups is 1. The molecule has 1 fully saturated rings. The Morgan fingerprint density at radius 3 is 3.00 bits per heavy atom. The van der Waals surface area contributed by atoms with Gasteiger partial charge in [0.15, 0.2) is 11.5 Å². The van der Waals surface area contributed by atoms with E-state index in [0.717, 1.165) is 25.8 Å². The Bertz CT molecular complexity index is 504. The molecule has 1 aromatic carbocycles. The zero-order valence-electron chi connectivity index (χ0n) is 11.5. The molecule has 0 aromatic heterocycles. The van der Waals surface area contributed by atoms with Gasteiger partial charge in [-0.2, -0.15) is 0 Å². The number of hydrogen-bond acceptors (Lipinski definition) is 4. The number of carbonyl (C=O) groups excluding carboxylic acids is 1. The van der Waals surface area contributed by atoms with Crippen molar-refractivity contribution >= 4 is 5.91 Å². The molecule has 2 aliphatic heterocycles. The smallest absolute Gasteiger partial charge is 0.258 e. The molecule has 20 heavy (non-hydrogen) atoms. The van der Waals surface area contributed by atoms with Crippen molar-refractivity contribution in [2.24, 2.45) is 5.73 Å². The number of nitrogens with two attached hydrogens (primary N) is 1. The van der Waals surface area contributed by atoms with Crippen molar-refractivity contribution in [2.75, 3.05) is 26.3 Å². The SMILES string of the molecule is NC[C@@H]1CCCCN1C(=O)c1cccc2c1OCCO2. The van der Waals surface area contributed by atoms with Crippen LogP contribution in [-0.2, 0) is 0 Å². The molecule has 1 aromatic rings. The number of para-hydroxylation sites is 1. The lowest BCUT2D eigenvalue weighted by Gasteiger charge is -2.35. The first-order valence-electron chi connectivity index (χ1n) is 7.21. The predicted octanol–water partition coefficient (Wildman–Crippen LogP) is 1.41. The van der Waals surface area contributed by atoms with Crippen LogP contribution < -0.4 is 15.2 Å². The first-order valence-corrected chi connectivity index (χ1v) is 7.21. The number of piperidine rings is 1. The standard InChI is InChI=1S/C15H20N2O3/c16-10-11-4-1-2-7-17(11)15(18)12-5-3-6-13-14(12)20-9-8-19-13/h3,5-6,11H,1-2,4,7-10,16H2/t11-/m0/s1. The minimum atomic E-state index is 0.00231. The minimum absolute atomic E-state index is 0.00231. The first kappa shape index (κ1) is 13.2. The molecule has 0 spiro atoms. The van der Waals surface area contributed by atoms with E-state index in [2.05, 4.69) is 0 Å². The van der Waals surface area contributed by atoms with Crippen LogP contribution in [0.3, 0.4) is 0 Å². The first-order chi connectivity index (χ1) is 9.81. The quantitative estimate of drug-likeness (QED) is 0.887. The molecule has 1 amide bonds. The Morgan fingerprint density at radius 2 is 2.15 bits per heavy atom. The Morgan fingerprint density at radius 1 is 1.30 bits per heavy atom. The molecule has 3 rings (SSSR count). The molecular formula is C15H20N2O3. The van der Waals surface area contributed by atoms with E-state index in [0.29, 0.717) is 36.8 Å². The summed E-state index contributed by atoms with van der Waals surface area (Å²) < 4.78 is 11.2. The summed E-state index contributed by atoms with van der Waals surface area (Å²) in [5.74, 6) is 1.23. The van der Waals surface area contributed by atoms with E-state index in [-0.39, 0.29) is 11.9 Å². The zero-order chi connectivity index (χ0) is 13.9. The monoisotopic (exact) mass is 276 g/mol. The van der Waals surface area contributed by atoms with Gasteiger partial charge in [-0.1, -0.05) is 6.07 Å². The van der Waals surface area contributed by atoms with E-state index in [4.69, 9.17) is 15.2 Å². The van der Waals surface area contributed by atoms with Gasteiger partial charge in [-0.05, 0) is 31.4 Å². The van der Waals surface area contributed by atoms with Crippen LogP contribution in [0.1, 0.15) is 29.6 Å². The highest BCUT2D eigenvalue weighted by atomic mass is 16.6. The molecule has 5 heteroatoms. The summed E-state index contributed by atoms with van der Waals surface area (Å²) in [7, 11) is 0. The van der Waals surface area contributed by atoms with Crippen LogP contribution in [0.25, 0.3) is 0 Å². The number of hydrogen-bond donors (Lipinski definition) is 1. The zero-order valence-corrected chi connectivity index (χ0v) is 11.5. The van der Waals surface area contributed by atoms with Crippen molar-refractivity contribution in [3.8, 4) is 11.5 Å². The topological polar surface area (TPSA) is 64.8 Å². The maximum atomic E-state index is 12.8. The number of rotatable bonds is 2. The second-order valence-electron chi connectivity index (χ2n) is 5.21. The van der Waals surface area contributed by atoms with Crippen molar-refractivity contribution in [1.29, 1.82) is 0 Å². The maximum absolute atomic E-state index is 12.8. The van der Waals surface area contributed by atoms with Crippen molar-refractivity contribution in [3.63, 3.8) is 0 Å². The van der Waals surface area contributed by atoms with Gasteiger partial charge >= 0.3 is 0 Å². The molecular weight excluding hydrogens is 256 g/mol. The lowest BCUT2D eigenvalue weighted by Crippen LogP contribution is -2.47. The highest BCUT2D eigenvalue weighted by molar-refractivity contribution is 5.98. The molecule has 5 nitrogen and oxygen atoms in total. The van der Waals surface area contributed by atoms with E-state index < -0.39 is 0 Å². The number of fused-ring (bicyclic) bond motifs is 1. The number of amides is 1. The van der Waals surface area contributed by atoms with Crippen LogP contribution in [0, 0.1) is 0 Å². The van der Waals surface area contributed by atoms with Gasteiger partial charge in [0.25, 0.3) is 5.91 Å².